The summed E-state index contributed by atoms with van der Waals surface area (Å²) in [6, 6.07) is -0.404. The molecule has 102 valence electrons. The van der Waals surface area contributed by atoms with Gasteiger partial charge >= 0.3 is 0 Å². The highest BCUT2D eigenvalue weighted by Gasteiger charge is 2.26. The fourth-order valence-electron chi connectivity index (χ4n) is 1.74. The van der Waals surface area contributed by atoms with Crippen molar-refractivity contribution >= 4 is 5.69 Å². The predicted octanol–water partition coefficient (Wildman–Crippen LogP) is 4.23. The number of nitrogens with one attached hydrogen (secondary N) is 1. The van der Waals surface area contributed by atoms with Crippen LogP contribution in [0, 0.1) is 35.0 Å². The number of anilines is 1. The van der Waals surface area contributed by atoms with Crippen LogP contribution in [0.5, 0.6) is 0 Å². The van der Waals surface area contributed by atoms with Crippen molar-refractivity contribution in [3.05, 3.63) is 29.1 Å². The Hall–Kier alpha value is -1.33. The Morgan fingerprint density at radius 3 is 1.56 bits per heavy atom. The third kappa shape index (κ3) is 2.91. The average molecular weight is 267 g/mol. The summed E-state index contributed by atoms with van der Waals surface area (Å²) in [5, 5.41) is 2.32. The minimum atomic E-state index is -2.15. The van der Waals surface area contributed by atoms with Crippen LogP contribution in [0.25, 0.3) is 0 Å². The first-order valence-corrected chi connectivity index (χ1v) is 5.53. The van der Waals surface area contributed by atoms with E-state index in [-0.39, 0.29) is 5.92 Å². The molecule has 18 heavy (non-hydrogen) atoms. The molecule has 1 unspecified atom stereocenters. The van der Waals surface area contributed by atoms with Crippen LogP contribution >= 0.6 is 0 Å². The predicted molar refractivity (Wildman–Crippen MR) is 58.8 cm³/mol. The van der Waals surface area contributed by atoms with Crippen molar-refractivity contribution in [2.24, 2.45) is 5.92 Å². The van der Waals surface area contributed by atoms with E-state index < -0.39 is 40.8 Å². The van der Waals surface area contributed by atoms with Gasteiger partial charge in [0.15, 0.2) is 23.3 Å². The van der Waals surface area contributed by atoms with Crippen LogP contribution in [-0.4, -0.2) is 6.04 Å². The van der Waals surface area contributed by atoms with Crippen LogP contribution < -0.4 is 5.32 Å². The molecule has 0 aliphatic heterocycles. The molecule has 1 nitrogen and oxygen atoms in total. The van der Waals surface area contributed by atoms with E-state index in [9.17, 15) is 22.0 Å². The molecule has 1 rings (SSSR count). The van der Waals surface area contributed by atoms with Crippen molar-refractivity contribution < 1.29 is 22.0 Å². The van der Waals surface area contributed by atoms with E-state index >= 15 is 0 Å². The summed E-state index contributed by atoms with van der Waals surface area (Å²) < 4.78 is 65.3. The number of hydrogen-bond donors (Lipinski definition) is 1. The first-order chi connectivity index (χ1) is 8.25. The van der Waals surface area contributed by atoms with Crippen LogP contribution in [0.15, 0.2) is 0 Å². The van der Waals surface area contributed by atoms with Gasteiger partial charge in [-0.05, 0) is 19.3 Å². The number of halogens is 5. The number of benzene rings is 1. The number of hydrogen-bond acceptors (Lipinski definition) is 1. The van der Waals surface area contributed by atoms with Gasteiger partial charge in [0, 0.05) is 6.04 Å². The minimum Gasteiger partial charge on any atom is -0.378 e. The van der Waals surface area contributed by atoms with Gasteiger partial charge in [0.05, 0.1) is 0 Å². The van der Waals surface area contributed by atoms with Gasteiger partial charge in [0.25, 0.3) is 0 Å². The lowest BCUT2D eigenvalue weighted by atomic mass is 10.0. The van der Waals surface area contributed by atoms with Gasteiger partial charge in [0.2, 0.25) is 5.82 Å². The molecule has 0 radical (unpaired) electrons. The maximum atomic E-state index is 13.3. The minimum absolute atomic E-state index is 0.230. The highest BCUT2D eigenvalue weighted by Crippen LogP contribution is 2.28. The second kappa shape index (κ2) is 5.54. The maximum absolute atomic E-state index is 13.3. The molecule has 1 aromatic rings. The molecule has 1 N–H and O–H groups in total. The van der Waals surface area contributed by atoms with Gasteiger partial charge < -0.3 is 5.32 Å². The monoisotopic (exact) mass is 267 g/mol. The first kappa shape index (κ1) is 14.7. The SMILES string of the molecule is CC(C)CC(C)Nc1c(F)c(F)c(F)c(F)c1F. The summed E-state index contributed by atoms with van der Waals surface area (Å²) in [4.78, 5) is 0. The normalized spacial score (nSPS) is 12.9. The van der Waals surface area contributed by atoms with Gasteiger partial charge in [-0.15, -0.1) is 0 Å². The van der Waals surface area contributed by atoms with Gasteiger partial charge in [-0.2, -0.15) is 0 Å². The molecule has 0 aliphatic carbocycles. The Labute approximate surface area is 102 Å². The Balaban J connectivity index is 3.10. The van der Waals surface area contributed by atoms with E-state index in [4.69, 9.17) is 0 Å². The van der Waals surface area contributed by atoms with Crippen LogP contribution in [0.4, 0.5) is 27.6 Å². The van der Waals surface area contributed by atoms with Crippen LogP contribution in [-0.2, 0) is 0 Å². The van der Waals surface area contributed by atoms with E-state index in [0.29, 0.717) is 6.42 Å². The summed E-state index contributed by atoms with van der Waals surface area (Å²) in [7, 11) is 0. The van der Waals surface area contributed by atoms with E-state index in [1.165, 1.54) is 0 Å². The van der Waals surface area contributed by atoms with Gasteiger partial charge in [-0.3, -0.25) is 0 Å². The van der Waals surface area contributed by atoms with Gasteiger partial charge in [-0.25, -0.2) is 22.0 Å². The molecule has 6 heteroatoms. The fraction of sp³-hybridized carbons (Fsp3) is 0.500. The number of rotatable bonds is 4. The van der Waals surface area contributed by atoms with Crippen LogP contribution in [0.1, 0.15) is 27.2 Å². The molecule has 0 amide bonds. The third-order valence-electron chi connectivity index (χ3n) is 2.43. The van der Waals surface area contributed by atoms with E-state index in [1.54, 1.807) is 6.92 Å². The zero-order chi connectivity index (χ0) is 14.0. The van der Waals surface area contributed by atoms with Crippen molar-refractivity contribution in [3.63, 3.8) is 0 Å². The molecule has 1 atom stereocenters. The van der Waals surface area contributed by atoms with E-state index in [1.807, 2.05) is 13.8 Å². The molecular formula is C12H14F5N. The van der Waals surface area contributed by atoms with Gasteiger partial charge in [-0.1, -0.05) is 13.8 Å². The molecule has 0 spiro atoms. The van der Waals surface area contributed by atoms with Gasteiger partial charge in [0.1, 0.15) is 5.69 Å². The molecule has 0 saturated carbocycles. The smallest absolute Gasteiger partial charge is 0.200 e. The first-order valence-electron chi connectivity index (χ1n) is 5.53. The fourth-order valence-corrected chi connectivity index (χ4v) is 1.74. The average Bonchev–Trinajstić information content (AvgIpc) is 2.29. The second-order valence-corrected chi connectivity index (χ2v) is 4.62. The van der Waals surface area contributed by atoms with Crippen LogP contribution in [0.3, 0.4) is 0 Å². The van der Waals surface area contributed by atoms with E-state index in [2.05, 4.69) is 5.32 Å². The lowest BCUT2D eigenvalue weighted by molar-refractivity contribution is 0.380. The lowest BCUT2D eigenvalue weighted by Gasteiger charge is -2.18. The topological polar surface area (TPSA) is 12.0 Å². The molecule has 0 aromatic heterocycles. The zero-order valence-electron chi connectivity index (χ0n) is 10.3. The largest absolute Gasteiger partial charge is 0.378 e. The van der Waals surface area contributed by atoms with Crippen molar-refractivity contribution in [1.29, 1.82) is 0 Å². The molecule has 0 heterocycles. The lowest BCUT2D eigenvalue weighted by Crippen LogP contribution is -2.20. The Kier molecular flexibility index (Phi) is 4.53. The molecular weight excluding hydrogens is 253 g/mol. The van der Waals surface area contributed by atoms with Crippen molar-refractivity contribution in [3.8, 4) is 0 Å². The van der Waals surface area contributed by atoms with E-state index in [0.717, 1.165) is 0 Å². The molecule has 0 saturated heterocycles. The second-order valence-electron chi connectivity index (χ2n) is 4.62. The van der Waals surface area contributed by atoms with Crippen molar-refractivity contribution in [1.82, 2.24) is 0 Å². The molecule has 1 aromatic carbocycles. The molecule has 0 bridgehead atoms. The van der Waals surface area contributed by atoms with Crippen molar-refractivity contribution in [2.75, 3.05) is 5.32 Å². The Bertz CT molecular complexity index is 416. The summed E-state index contributed by atoms with van der Waals surface area (Å²) in [6.45, 7) is 5.38. The summed E-state index contributed by atoms with van der Waals surface area (Å²) in [6.07, 6.45) is 0.541. The Morgan fingerprint density at radius 2 is 1.17 bits per heavy atom. The van der Waals surface area contributed by atoms with Crippen LogP contribution in [0.2, 0.25) is 0 Å². The standard InChI is InChI=1S/C12H14F5N/c1-5(2)4-6(3)18-12-10(16)8(14)7(13)9(15)11(12)17/h5-6,18H,4H2,1-3H3. The summed E-state index contributed by atoms with van der Waals surface area (Å²) >= 11 is 0. The maximum Gasteiger partial charge on any atom is 0.200 e. The highest BCUT2D eigenvalue weighted by atomic mass is 19.2. The Morgan fingerprint density at radius 1 is 0.778 bits per heavy atom. The third-order valence-corrected chi connectivity index (χ3v) is 2.43. The summed E-state index contributed by atoms with van der Waals surface area (Å²) in [5.41, 5.74) is -0.973. The summed E-state index contributed by atoms with van der Waals surface area (Å²) in [5.74, 6) is -9.45. The quantitative estimate of drug-likeness (QED) is 0.489. The molecule has 0 fully saturated rings. The zero-order valence-corrected chi connectivity index (χ0v) is 10.3. The molecule has 0 aliphatic rings. The van der Waals surface area contributed by atoms with Crippen molar-refractivity contribution in [2.45, 2.75) is 33.2 Å². The highest BCUT2D eigenvalue weighted by molar-refractivity contribution is 5.48.